The van der Waals surface area contributed by atoms with E-state index in [-0.39, 0.29) is 12.2 Å². The lowest BCUT2D eigenvalue weighted by Crippen LogP contribution is -2.39. The van der Waals surface area contributed by atoms with Gasteiger partial charge in [-0.3, -0.25) is 14.9 Å². The molecule has 1 atom stereocenters. The quantitative estimate of drug-likeness (QED) is 0.422. The number of aromatic nitrogens is 3. The molecule has 33 heavy (non-hydrogen) atoms. The molecule has 0 bridgehead atoms. The standard InChI is InChI=1S/C25H24F2N4O2/c1-3-17(26)8-7-16(2)23-14-24(31-30-23)21-10-9-18(27)12-22(21)25(33)29-20(15-32)13-19-6-4-5-11-28-19/h3-12,14,20,32H,1,13,15H2,2H3,(H,29,33)(H,30,31)/b16-7+,17-8+/t20-/m1/s1. The topological polar surface area (TPSA) is 90.9 Å². The highest BCUT2D eigenvalue weighted by atomic mass is 19.1. The van der Waals surface area contributed by atoms with Crippen LogP contribution in [0.5, 0.6) is 0 Å². The van der Waals surface area contributed by atoms with E-state index >= 15 is 0 Å². The molecule has 0 aliphatic rings. The van der Waals surface area contributed by atoms with Gasteiger partial charge in [-0.05, 0) is 61.0 Å². The second-order valence-corrected chi connectivity index (χ2v) is 7.34. The van der Waals surface area contributed by atoms with Gasteiger partial charge in [0.05, 0.1) is 29.6 Å². The van der Waals surface area contributed by atoms with Gasteiger partial charge in [0.25, 0.3) is 5.91 Å². The summed E-state index contributed by atoms with van der Waals surface area (Å²) in [7, 11) is 0. The zero-order valence-electron chi connectivity index (χ0n) is 18.1. The fourth-order valence-electron chi connectivity index (χ4n) is 3.15. The van der Waals surface area contributed by atoms with Crippen LogP contribution in [0.1, 0.15) is 28.7 Å². The third-order valence-corrected chi connectivity index (χ3v) is 4.92. The van der Waals surface area contributed by atoms with Crippen molar-refractivity contribution in [3.8, 4) is 11.3 Å². The lowest BCUT2D eigenvalue weighted by Gasteiger charge is -2.17. The number of hydrogen-bond donors (Lipinski definition) is 3. The Labute approximate surface area is 190 Å². The molecular weight excluding hydrogens is 426 g/mol. The highest BCUT2D eigenvalue weighted by molar-refractivity contribution is 6.00. The number of allylic oxidation sites excluding steroid dienone is 5. The molecular formula is C25H24F2N4O2. The first-order valence-corrected chi connectivity index (χ1v) is 10.2. The van der Waals surface area contributed by atoms with Crippen molar-refractivity contribution in [3.05, 3.63) is 102 Å². The Balaban J connectivity index is 1.85. The molecule has 1 amide bonds. The Morgan fingerprint density at radius 2 is 2.09 bits per heavy atom. The molecule has 0 spiro atoms. The maximum Gasteiger partial charge on any atom is 0.252 e. The van der Waals surface area contributed by atoms with E-state index in [1.807, 2.05) is 6.07 Å². The number of aliphatic hydroxyl groups excluding tert-OH is 1. The smallest absolute Gasteiger partial charge is 0.252 e. The molecule has 170 valence electrons. The Morgan fingerprint density at radius 1 is 1.27 bits per heavy atom. The number of nitrogens with one attached hydrogen (secondary N) is 2. The number of amides is 1. The largest absolute Gasteiger partial charge is 0.394 e. The number of aromatic amines is 1. The number of pyridine rings is 1. The van der Waals surface area contributed by atoms with Gasteiger partial charge < -0.3 is 10.4 Å². The van der Waals surface area contributed by atoms with E-state index in [4.69, 9.17) is 0 Å². The molecule has 0 radical (unpaired) electrons. The van der Waals surface area contributed by atoms with Crippen LogP contribution in [-0.2, 0) is 6.42 Å². The molecule has 3 aromatic rings. The van der Waals surface area contributed by atoms with E-state index in [0.29, 0.717) is 34.6 Å². The van der Waals surface area contributed by atoms with Gasteiger partial charge in [0.1, 0.15) is 11.6 Å². The molecule has 2 aromatic heterocycles. The summed E-state index contributed by atoms with van der Waals surface area (Å²) in [5.41, 5.74) is 2.93. The average molecular weight is 450 g/mol. The monoisotopic (exact) mass is 450 g/mol. The van der Waals surface area contributed by atoms with E-state index in [1.54, 1.807) is 37.4 Å². The highest BCUT2D eigenvalue weighted by Crippen LogP contribution is 2.26. The first-order chi connectivity index (χ1) is 15.9. The summed E-state index contributed by atoms with van der Waals surface area (Å²) in [6.45, 7) is 4.81. The number of carbonyl (C=O) groups is 1. The van der Waals surface area contributed by atoms with E-state index in [2.05, 4.69) is 27.1 Å². The van der Waals surface area contributed by atoms with Crippen LogP contribution in [0.3, 0.4) is 0 Å². The van der Waals surface area contributed by atoms with Crippen molar-refractivity contribution >= 4 is 11.5 Å². The predicted octanol–water partition coefficient (Wildman–Crippen LogP) is 4.39. The number of carbonyl (C=O) groups excluding carboxylic acids is 1. The minimum Gasteiger partial charge on any atom is -0.394 e. The van der Waals surface area contributed by atoms with Gasteiger partial charge >= 0.3 is 0 Å². The van der Waals surface area contributed by atoms with Gasteiger partial charge in [0.15, 0.2) is 0 Å². The van der Waals surface area contributed by atoms with Crippen LogP contribution in [-0.4, -0.2) is 38.8 Å². The van der Waals surface area contributed by atoms with Crippen molar-refractivity contribution in [3.63, 3.8) is 0 Å². The number of halogens is 2. The molecule has 0 unspecified atom stereocenters. The Hall–Kier alpha value is -3.91. The van der Waals surface area contributed by atoms with Gasteiger partial charge in [-0.25, -0.2) is 8.78 Å². The summed E-state index contributed by atoms with van der Waals surface area (Å²) in [5, 5.41) is 19.5. The second kappa shape index (κ2) is 11.1. The summed E-state index contributed by atoms with van der Waals surface area (Å²) in [5.74, 6) is -1.60. The third kappa shape index (κ3) is 6.30. The van der Waals surface area contributed by atoms with Crippen molar-refractivity contribution in [2.75, 3.05) is 6.61 Å². The first kappa shape index (κ1) is 23.7. The van der Waals surface area contributed by atoms with Gasteiger partial charge in [0, 0.05) is 23.9 Å². The van der Waals surface area contributed by atoms with Gasteiger partial charge in [-0.15, -0.1) is 0 Å². The molecule has 0 saturated carbocycles. The van der Waals surface area contributed by atoms with Crippen LogP contribution in [0.2, 0.25) is 0 Å². The van der Waals surface area contributed by atoms with Crippen molar-refractivity contribution in [2.24, 2.45) is 0 Å². The van der Waals surface area contributed by atoms with E-state index in [1.165, 1.54) is 18.2 Å². The Kier molecular flexibility index (Phi) is 7.99. The minimum absolute atomic E-state index is 0.0869. The summed E-state index contributed by atoms with van der Waals surface area (Å²) in [6, 6.07) is 10.3. The zero-order valence-corrected chi connectivity index (χ0v) is 18.1. The fourth-order valence-corrected chi connectivity index (χ4v) is 3.15. The lowest BCUT2D eigenvalue weighted by atomic mass is 10.0. The Morgan fingerprint density at radius 3 is 2.79 bits per heavy atom. The second-order valence-electron chi connectivity index (χ2n) is 7.34. The zero-order chi connectivity index (χ0) is 23.8. The van der Waals surface area contributed by atoms with Gasteiger partial charge in [-0.2, -0.15) is 5.10 Å². The molecule has 3 rings (SSSR count). The van der Waals surface area contributed by atoms with Crippen LogP contribution in [0.25, 0.3) is 16.8 Å². The van der Waals surface area contributed by atoms with Crippen molar-refractivity contribution in [2.45, 2.75) is 19.4 Å². The molecule has 0 saturated heterocycles. The van der Waals surface area contributed by atoms with E-state index in [9.17, 15) is 18.7 Å². The molecule has 0 aliphatic carbocycles. The summed E-state index contributed by atoms with van der Waals surface area (Å²) < 4.78 is 27.3. The van der Waals surface area contributed by atoms with Gasteiger partial charge in [-0.1, -0.05) is 18.7 Å². The SMILES string of the molecule is C=C/C(F)=C\C=C(/C)c1cc(-c2ccc(F)cc2C(=O)N[C@@H](CO)Cc2ccccn2)[nH]n1. The van der Waals surface area contributed by atoms with Crippen LogP contribution in [0, 0.1) is 5.82 Å². The number of aliphatic hydroxyl groups is 1. The fraction of sp³-hybridized carbons (Fsp3) is 0.160. The summed E-state index contributed by atoms with van der Waals surface area (Å²) >= 11 is 0. The number of nitrogens with zero attached hydrogens (tertiary/aromatic N) is 2. The van der Waals surface area contributed by atoms with Crippen LogP contribution < -0.4 is 5.32 Å². The summed E-state index contributed by atoms with van der Waals surface area (Å²) in [6.07, 6.45) is 5.87. The number of H-pyrrole nitrogens is 1. The highest BCUT2D eigenvalue weighted by Gasteiger charge is 2.19. The molecule has 6 nitrogen and oxygen atoms in total. The minimum atomic E-state index is -0.599. The maximum absolute atomic E-state index is 14.0. The molecule has 0 fully saturated rings. The van der Waals surface area contributed by atoms with Crippen LogP contribution in [0.4, 0.5) is 8.78 Å². The number of hydrogen-bond acceptors (Lipinski definition) is 4. The molecule has 3 N–H and O–H groups in total. The Bertz CT molecular complexity index is 1190. The molecule has 0 aliphatic heterocycles. The van der Waals surface area contributed by atoms with Crippen LogP contribution in [0.15, 0.2) is 79.3 Å². The number of rotatable bonds is 9. The van der Waals surface area contributed by atoms with Gasteiger partial charge in [0.2, 0.25) is 0 Å². The molecule has 2 heterocycles. The van der Waals surface area contributed by atoms with Crippen LogP contribution >= 0.6 is 0 Å². The molecule has 8 heteroatoms. The summed E-state index contributed by atoms with van der Waals surface area (Å²) in [4.78, 5) is 17.2. The normalized spacial score (nSPS) is 13.0. The third-order valence-electron chi connectivity index (χ3n) is 4.92. The van der Waals surface area contributed by atoms with Crippen molar-refractivity contribution in [1.29, 1.82) is 0 Å². The van der Waals surface area contributed by atoms with Crippen molar-refractivity contribution in [1.82, 2.24) is 20.5 Å². The van der Waals surface area contributed by atoms with E-state index in [0.717, 1.165) is 12.1 Å². The predicted molar refractivity (Wildman–Crippen MR) is 123 cm³/mol. The average Bonchev–Trinajstić information content (AvgIpc) is 3.32. The maximum atomic E-state index is 14.0. The first-order valence-electron chi connectivity index (χ1n) is 10.2. The molecule has 1 aromatic carbocycles. The van der Waals surface area contributed by atoms with E-state index < -0.39 is 23.6 Å². The number of benzene rings is 1. The lowest BCUT2D eigenvalue weighted by molar-refractivity contribution is 0.0916. The van der Waals surface area contributed by atoms with Crippen molar-refractivity contribution < 1.29 is 18.7 Å².